The summed E-state index contributed by atoms with van der Waals surface area (Å²) in [5.74, 6) is 1.38. The summed E-state index contributed by atoms with van der Waals surface area (Å²) in [5, 5.41) is 10.1. The van der Waals surface area contributed by atoms with Crippen molar-refractivity contribution in [3.8, 4) is 22.8 Å². The lowest BCUT2D eigenvalue weighted by molar-refractivity contribution is 0.0842. The Morgan fingerprint density at radius 2 is 1.79 bits per heavy atom. The molecular formula is C19H18FNO3. The Morgan fingerprint density at radius 3 is 2.50 bits per heavy atom. The third-order valence-electron chi connectivity index (χ3n) is 3.67. The zero-order valence-electron chi connectivity index (χ0n) is 13.3. The molecule has 5 heteroatoms. The fraction of sp³-hybridized carbons (Fsp3) is 0.211. The number of ether oxygens (including phenoxy) is 2. The maximum atomic E-state index is 12.2. The predicted molar refractivity (Wildman–Crippen MR) is 91.2 cm³/mol. The Labute approximate surface area is 139 Å². The van der Waals surface area contributed by atoms with Crippen LogP contribution in [-0.2, 0) is 0 Å². The number of alkyl halides is 1. The Hall–Kier alpha value is -2.66. The van der Waals surface area contributed by atoms with E-state index in [9.17, 15) is 9.50 Å². The first-order chi connectivity index (χ1) is 11.7. The number of nitrogens with zero attached hydrogens (tertiary/aromatic N) is 1. The molecule has 0 radical (unpaired) electrons. The van der Waals surface area contributed by atoms with E-state index < -0.39 is 12.8 Å². The van der Waals surface area contributed by atoms with Crippen LogP contribution in [0.5, 0.6) is 11.5 Å². The number of fused-ring (bicyclic) bond motifs is 1. The van der Waals surface area contributed by atoms with Gasteiger partial charge in [-0.15, -0.1) is 0 Å². The number of rotatable bonds is 6. The quantitative estimate of drug-likeness (QED) is 0.751. The van der Waals surface area contributed by atoms with Gasteiger partial charge in [0, 0.05) is 10.9 Å². The minimum absolute atomic E-state index is 0.0701. The number of aliphatic hydroxyl groups is 1. The molecule has 0 aliphatic rings. The van der Waals surface area contributed by atoms with E-state index in [-0.39, 0.29) is 6.61 Å². The molecule has 24 heavy (non-hydrogen) atoms. The van der Waals surface area contributed by atoms with Crippen molar-refractivity contribution in [2.75, 3.05) is 20.4 Å². The molecule has 1 atom stereocenters. The standard InChI is InChI=1S/C19H18FNO3/c1-23-16-5-2-13(3-6-16)18-8-4-14-10-17(7-9-19(14)21-18)24-12-15(22)11-20/h2-10,15,22H,11-12H2,1H3. The van der Waals surface area contributed by atoms with E-state index >= 15 is 0 Å². The van der Waals surface area contributed by atoms with Gasteiger partial charge in [-0.2, -0.15) is 0 Å². The lowest BCUT2D eigenvalue weighted by atomic mass is 10.1. The van der Waals surface area contributed by atoms with E-state index in [1.54, 1.807) is 13.2 Å². The smallest absolute Gasteiger partial charge is 0.120 e. The van der Waals surface area contributed by atoms with Gasteiger partial charge in [-0.1, -0.05) is 6.07 Å². The zero-order chi connectivity index (χ0) is 16.9. The summed E-state index contributed by atoms with van der Waals surface area (Å²) in [6.45, 7) is -0.889. The van der Waals surface area contributed by atoms with Crippen LogP contribution in [0, 0.1) is 0 Å². The van der Waals surface area contributed by atoms with Crippen LogP contribution >= 0.6 is 0 Å². The third-order valence-corrected chi connectivity index (χ3v) is 3.67. The van der Waals surface area contributed by atoms with Gasteiger partial charge < -0.3 is 14.6 Å². The highest BCUT2D eigenvalue weighted by molar-refractivity contribution is 5.82. The van der Waals surface area contributed by atoms with Crippen LogP contribution in [0.15, 0.2) is 54.6 Å². The van der Waals surface area contributed by atoms with Crippen molar-refractivity contribution < 1.29 is 19.0 Å². The third kappa shape index (κ3) is 3.63. The van der Waals surface area contributed by atoms with Gasteiger partial charge in [0.15, 0.2) is 0 Å². The molecule has 2 aromatic carbocycles. The molecule has 3 aromatic rings. The van der Waals surface area contributed by atoms with Crippen molar-refractivity contribution in [3.63, 3.8) is 0 Å². The molecule has 124 valence electrons. The monoisotopic (exact) mass is 327 g/mol. The minimum atomic E-state index is -1.10. The molecule has 0 bridgehead atoms. The molecule has 1 unspecified atom stereocenters. The second-order valence-corrected chi connectivity index (χ2v) is 5.40. The average Bonchev–Trinajstić information content (AvgIpc) is 2.65. The van der Waals surface area contributed by atoms with Gasteiger partial charge in [0.05, 0.1) is 18.3 Å². The van der Waals surface area contributed by atoms with Gasteiger partial charge in [-0.3, -0.25) is 0 Å². The summed E-state index contributed by atoms with van der Waals surface area (Å²) in [4.78, 5) is 4.65. The molecule has 0 aliphatic carbocycles. The number of pyridine rings is 1. The van der Waals surface area contributed by atoms with E-state index in [1.807, 2.05) is 48.5 Å². The normalized spacial score (nSPS) is 12.1. The van der Waals surface area contributed by atoms with Gasteiger partial charge in [0.2, 0.25) is 0 Å². The van der Waals surface area contributed by atoms with Crippen molar-refractivity contribution in [2.24, 2.45) is 0 Å². The Balaban J connectivity index is 1.83. The minimum Gasteiger partial charge on any atom is -0.497 e. The van der Waals surface area contributed by atoms with E-state index in [2.05, 4.69) is 4.98 Å². The summed E-state index contributed by atoms with van der Waals surface area (Å²) in [6, 6.07) is 17.0. The van der Waals surface area contributed by atoms with Crippen LogP contribution in [0.3, 0.4) is 0 Å². The fourth-order valence-electron chi connectivity index (χ4n) is 2.35. The van der Waals surface area contributed by atoms with Crippen molar-refractivity contribution in [1.29, 1.82) is 0 Å². The largest absolute Gasteiger partial charge is 0.497 e. The van der Waals surface area contributed by atoms with Gasteiger partial charge in [-0.25, -0.2) is 9.37 Å². The highest BCUT2D eigenvalue weighted by Crippen LogP contribution is 2.25. The number of hydrogen-bond donors (Lipinski definition) is 1. The second kappa shape index (κ2) is 7.27. The maximum absolute atomic E-state index is 12.2. The summed E-state index contributed by atoms with van der Waals surface area (Å²) in [7, 11) is 1.63. The lowest BCUT2D eigenvalue weighted by Crippen LogP contribution is -2.19. The van der Waals surface area contributed by atoms with Crippen LogP contribution in [0.2, 0.25) is 0 Å². The number of hydrogen-bond acceptors (Lipinski definition) is 4. The SMILES string of the molecule is COc1ccc(-c2ccc3cc(OCC(O)CF)ccc3n2)cc1. The molecule has 1 N–H and O–H groups in total. The number of methoxy groups -OCH3 is 1. The van der Waals surface area contributed by atoms with Crippen molar-refractivity contribution in [1.82, 2.24) is 4.98 Å². The predicted octanol–water partition coefficient (Wildman–Crippen LogP) is 3.62. The van der Waals surface area contributed by atoms with Crippen LogP contribution in [0.4, 0.5) is 4.39 Å². The fourth-order valence-corrected chi connectivity index (χ4v) is 2.35. The van der Waals surface area contributed by atoms with Crippen molar-refractivity contribution in [2.45, 2.75) is 6.10 Å². The zero-order valence-corrected chi connectivity index (χ0v) is 13.3. The first-order valence-electron chi connectivity index (χ1n) is 7.61. The van der Waals surface area contributed by atoms with E-state index in [4.69, 9.17) is 9.47 Å². The molecule has 0 aliphatic heterocycles. The van der Waals surface area contributed by atoms with E-state index in [1.165, 1.54) is 0 Å². The van der Waals surface area contributed by atoms with Crippen molar-refractivity contribution >= 4 is 10.9 Å². The van der Waals surface area contributed by atoms with Gasteiger partial charge in [0.1, 0.15) is 30.9 Å². The second-order valence-electron chi connectivity index (χ2n) is 5.40. The van der Waals surface area contributed by atoms with Gasteiger partial charge >= 0.3 is 0 Å². The Bertz CT molecular complexity index is 820. The van der Waals surface area contributed by atoms with Gasteiger partial charge in [-0.05, 0) is 48.5 Å². The summed E-state index contributed by atoms with van der Waals surface area (Å²) < 4.78 is 22.8. The topological polar surface area (TPSA) is 51.6 Å². The number of aliphatic hydroxyl groups excluding tert-OH is 1. The summed E-state index contributed by atoms with van der Waals surface area (Å²) in [5.41, 5.74) is 2.71. The van der Waals surface area contributed by atoms with Crippen molar-refractivity contribution in [3.05, 3.63) is 54.6 Å². The molecule has 0 saturated carbocycles. The maximum Gasteiger partial charge on any atom is 0.120 e. The highest BCUT2D eigenvalue weighted by atomic mass is 19.1. The highest BCUT2D eigenvalue weighted by Gasteiger charge is 2.06. The number of halogens is 1. The molecule has 1 heterocycles. The Kier molecular flexibility index (Phi) is 4.91. The van der Waals surface area contributed by atoms with Gasteiger partial charge in [0.25, 0.3) is 0 Å². The lowest BCUT2D eigenvalue weighted by Gasteiger charge is -2.10. The van der Waals surface area contributed by atoms with E-state index in [0.29, 0.717) is 5.75 Å². The van der Waals surface area contributed by atoms with Crippen LogP contribution in [0.1, 0.15) is 0 Å². The molecule has 3 rings (SSSR count). The van der Waals surface area contributed by atoms with Crippen LogP contribution in [0.25, 0.3) is 22.2 Å². The molecule has 0 amide bonds. The first-order valence-corrected chi connectivity index (χ1v) is 7.61. The molecule has 1 aromatic heterocycles. The van der Waals surface area contributed by atoms with Crippen LogP contribution < -0.4 is 9.47 Å². The molecule has 0 fully saturated rings. The summed E-state index contributed by atoms with van der Waals surface area (Å²) in [6.07, 6.45) is -1.10. The molecule has 0 spiro atoms. The molecule has 0 saturated heterocycles. The number of aromatic nitrogens is 1. The number of benzene rings is 2. The average molecular weight is 327 g/mol. The molecular weight excluding hydrogens is 309 g/mol. The summed E-state index contributed by atoms with van der Waals surface area (Å²) >= 11 is 0. The Morgan fingerprint density at radius 1 is 1.04 bits per heavy atom. The first kappa shape index (κ1) is 16.2. The molecule has 4 nitrogen and oxygen atoms in total. The van der Waals surface area contributed by atoms with Crippen LogP contribution in [-0.4, -0.2) is 36.6 Å². The van der Waals surface area contributed by atoms with E-state index in [0.717, 1.165) is 27.9 Å².